The van der Waals surface area contributed by atoms with Gasteiger partial charge in [-0.25, -0.2) is 0 Å². The lowest BCUT2D eigenvalue weighted by molar-refractivity contribution is 0.112. The van der Waals surface area contributed by atoms with E-state index in [1.165, 1.54) is 5.56 Å². The molecular formula is C17H19NO2. The fraction of sp³-hybridized carbons (Fsp3) is 0.235. The van der Waals surface area contributed by atoms with Crippen LogP contribution in [0.5, 0.6) is 0 Å². The highest BCUT2D eigenvalue weighted by Crippen LogP contribution is 2.17. The van der Waals surface area contributed by atoms with Crippen LogP contribution in [0.3, 0.4) is 0 Å². The van der Waals surface area contributed by atoms with Crippen LogP contribution >= 0.6 is 0 Å². The van der Waals surface area contributed by atoms with Crippen molar-refractivity contribution in [3.63, 3.8) is 0 Å². The van der Waals surface area contributed by atoms with Gasteiger partial charge in [0.05, 0.1) is 6.61 Å². The van der Waals surface area contributed by atoms with Gasteiger partial charge in [0.1, 0.15) is 6.29 Å². The molecule has 3 heteroatoms. The fourth-order valence-corrected chi connectivity index (χ4v) is 2.07. The Kier molecular flexibility index (Phi) is 5.33. The summed E-state index contributed by atoms with van der Waals surface area (Å²) in [4.78, 5) is 13.0. The molecule has 0 amide bonds. The molecule has 0 N–H and O–H groups in total. The lowest BCUT2D eigenvalue weighted by Gasteiger charge is -2.24. The van der Waals surface area contributed by atoms with Crippen LogP contribution < -0.4 is 4.90 Å². The van der Waals surface area contributed by atoms with Gasteiger partial charge in [0.15, 0.2) is 0 Å². The van der Waals surface area contributed by atoms with Gasteiger partial charge in [-0.05, 0) is 29.8 Å². The first-order chi connectivity index (χ1) is 9.83. The van der Waals surface area contributed by atoms with E-state index in [4.69, 9.17) is 4.74 Å². The molecule has 20 heavy (non-hydrogen) atoms. The molecule has 2 aromatic rings. The van der Waals surface area contributed by atoms with Crippen molar-refractivity contribution in [1.29, 1.82) is 0 Å². The van der Waals surface area contributed by atoms with Crippen LogP contribution in [-0.2, 0) is 11.3 Å². The summed E-state index contributed by atoms with van der Waals surface area (Å²) in [6.07, 6.45) is 0.862. The Bertz CT molecular complexity index is 522. The van der Waals surface area contributed by atoms with Crippen molar-refractivity contribution < 1.29 is 9.53 Å². The van der Waals surface area contributed by atoms with E-state index < -0.39 is 0 Å². The zero-order valence-corrected chi connectivity index (χ0v) is 11.7. The summed E-state index contributed by atoms with van der Waals surface area (Å²) in [6, 6.07) is 17.9. The van der Waals surface area contributed by atoms with Crippen molar-refractivity contribution in [3.8, 4) is 0 Å². The van der Waals surface area contributed by atoms with Gasteiger partial charge < -0.3 is 9.64 Å². The first-order valence-electron chi connectivity index (χ1n) is 6.66. The lowest BCUT2D eigenvalue weighted by atomic mass is 10.1. The van der Waals surface area contributed by atoms with Gasteiger partial charge in [-0.3, -0.25) is 4.79 Å². The molecule has 2 rings (SSSR count). The zero-order chi connectivity index (χ0) is 14.2. The minimum absolute atomic E-state index is 0.669. The summed E-state index contributed by atoms with van der Waals surface area (Å²) >= 11 is 0. The van der Waals surface area contributed by atoms with E-state index in [-0.39, 0.29) is 0 Å². The first-order valence-corrected chi connectivity index (χ1v) is 6.66. The number of rotatable bonds is 7. The maximum atomic E-state index is 10.7. The minimum atomic E-state index is 0.669. The summed E-state index contributed by atoms with van der Waals surface area (Å²) in [5.74, 6) is 0. The number of carbonyl (C=O) groups is 1. The molecule has 0 bridgehead atoms. The van der Waals surface area contributed by atoms with E-state index in [1.807, 2.05) is 42.5 Å². The van der Waals surface area contributed by atoms with Gasteiger partial charge in [0.2, 0.25) is 0 Å². The van der Waals surface area contributed by atoms with Gasteiger partial charge in [-0.15, -0.1) is 0 Å². The molecule has 0 unspecified atom stereocenters. The van der Waals surface area contributed by atoms with Crippen molar-refractivity contribution in [2.24, 2.45) is 0 Å². The molecule has 0 saturated carbocycles. The zero-order valence-electron chi connectivity index (χ0n) is 11.7. The number of benzene rings is 2. The lowest BCUT2D eigenvalue weighted by Crippen LogP contribution is -2.26. The SMILES string of the molecule is COCCN(Cc1ccccc1)c1ccc(C=O)cc1. The van der Waals surface area contributed by atoms with Crippen LogP contribution in [0.15, 0.2) is 54.6 Å². The topological polar surface area (TPSA) is 29.5 Å². The van der Waals surface area contributed by atoms with Gasteiger partial charge >= 0.3 is 0 Å². The van der Waals surface area contributed by atoms with E-state index in [1.54, 1.807) is 7.11 Å². The van der Waals surface area contributed by atoms with Crippen LogP contribution in [0, 0.1) is 0 Å². The number of anilines is 1. The molecule has 0 radical (unpaired) electrons. The highest BCUT2D eigenvalue weighted by molar-refractivity contribution is 5.75. The third-order valence-corrected chi connectivity index (χ3v) is 3.18. The number of hydrogen-bond donors (Lipinski definition) is 0. The Hall–Kier alpha value is -2.13. The maximum absolute atomic E-state index is 10.7. The maximum Gasteiger partial charge on any atom is 0.150 e. The molecule has 0 fully saturated rings. The van der Waals surface area contributed by atoms with Crippen molar-refractivity contribution in [2.75, 3.05) is 25.2 Å². The molecule has 104 valence electrons. The molecule has 0 spiro atoms. The third kappa shape index (κ3) is 3.93. The fourth-order valence-electron chi connectivity index (χ4n) is 2.07. The van der Waals surface area contributed by atoms with E-state index >= 15 is 0 Å². The number of methoxy groups -OCH3 is 1. The molecule has 0 atom stereocenters. The van der Waals surface area contributed by atoms with E-state index in [0.29, 0.717) is 12.2 Å². The molecule has 0 aromatic heterocycles. The second-order valence-corrected chi connectivity index (χ2v) is 4.61. The largest absolute Gasteiger partial charge is 0.383 e. The number of ether oxygens (including phenoxy) is 1. The normalized spacial score (nSPS) is 10.2. The predicted molar refractivity (Wildman–Crippen MR) is 81.2 cm³/mol. The summed E-state index contributed by atoms with van der Waals surface area (Å²) in [6.45, 7) is 2.30. The Labute approximate surface area is 119 Å². The highest BCUT2D eigenvalue weighted by atomic mass is 16.5. The molecule has 0 aliphatic carbocycles. The van der Waals surface area contributed by atoms with Crippen molar-refractivity contribution in [3.05, 3.63) is 65.7 Å². The van der Waals surface area contributed by atoms with Crippen LogP contribution in [0.4, 0.5) is 5.69 Å². The number of nitrogens with zero attached hydrogens (tertiary/aromatic N) is 1. The number of aldehydes is 1. The summed E-state index contributed by atoms with van der Waals surface area (Å²) in [5.41, 5.74) is 3.04. The minimum Gasteiger partial charge on any atom is -0.383 e. The molecular weight excluding hydrogens is 250 g/mol. The summed E-state index contributed by atoms with van der Waals surface area (Å²) < 4.78 is 5.18. The van der Waals surface area contributed by atoms with Crippen molar-refractivity contribution in [2.45, 2.75) is 6.54 Å². The molecule has 0 heterocycles. The summed E-state index contributed by atoms with van der Waals surface area (Å²) in [5, 5.41) is 0. The first kappa shape index (κ1) is 14.3. The smallest absolute Gasteiger partial charge is 0.150 e. The monoisotopic (exact) mass is 269 g/mol. The van der Waals surface area contributed by atoms with Gasteiger partial charge in [0.25, 0.3) is 0 Å². The molecule has 0 saturated heterocycles. The standard InChI is InChI=1S/C17H19NO2/c1-20-12-11-18(13-15-5-3-2-4-6-15)17-9-7-16(14-19)8-10-17/h2-10,14H,11-13H2,1H3. The Morgan fingerprint density at radius 3 is 2.35 bits per heavy atom. The number of carbonyl (C=O) groups excluding carboxylic acids is 1. The van der Waals surface area contributed by atoms with Gasteiger partial charge in [-0.2, -0.15) is 0 Å². The Morgan fingerprint density at radius 2 is 1.75 bits per heavy atom. The predicted octanol–water partition coefficient (Wildman–Crippen LogP) is 3.15. The van der Waals surface area contributed by atoms with Crippen molar-refractivity contribution >= 4 is 12.0 Å². The Morgan fingerprint density at radius 1 is 1.05 bits per heavy atom. The molecule has 0 aliphatic heterocycles. The van der Waals surface area contributed by atoms with Crippen LogP contribution in [-0.4, -0.2) is 26.5 Å². The average molecular weight is 269 g/mol. The van der Waals surface area contributed by atoms with Gasteiger partial charge in [-0.1, -0.05) is 30.3 Å². The van der Waals surface area contributed by atoms with Gasteiger partial charge in [0, 0.05) is 31.5 Å². The average Bonchev–Trinajstić information content (AvgIpc) is 2.52. The molecule has 3 nitrogen and oxygen atoms in total. The third-order valence-electron chi connectivity index (χ3n) is 3.18. The molecule has 0 aliphatic rings. The molecule has 2 aromatic carbocycles. The van der Waals surface area contributed by atoms with Crippen molar-refractivity contribution in [1.82, 2.24) is 0 Å². The quantitative estimate of drug-likeness (QED) is 0.723. The second-order valence-electron chi connectivity index (χ2n) is 4.61. The highest BCUT2D eigenvalue weighted by Gasteiger charge is 2.07. The van der Waals surface area contributed by atoms with E-state index in [0.717, 1.165) is 25.1 Å². The summed E-state index contributed by atoms with van der Waals surface area (Å²) in [7, 11) is 1.70. The van der Waals surface area contributed by atoms with Crippen LogP contribution in [0.2, 0.25) is 0 Å². The van der Waals surface area contributed by atoms with Crippen LogP contribution in [0.25, 0.3) is 0 Å². The van der Waals surface area contributed by atoms with Crippen LogP contribution in [0.1, 0.15) is 15.9 Å². The second kappa shape index (κ2) is 7.46. The Balaban J connectivity index is 2.15. The number of hydrogen-bond acceptors (Lipinski definition) is 3. The van der Waals surface area contributed by atoms with E-state index in [9.17, 15) is 4.79 Å². The van der Waals surface area contributed by atoms with E-state index in [2.05, 4.69) is 17.0 Å².